The van der Waals surface area contributed by atoms with Crippen molar-refractivity contribution in [3.63, 3.8) is 0 Å². The van der Waals surface area contributed by atoms with E-state index in [4.69, 9.17) is 4.74 Å². The largest absolute Gasteiger partial charge is 0.462 e. The number of anilines is 3. The van der Waals surface area contributed by atoms with Crippen molar-refractivity contribution < 1.29 is 22.7 Å². The van der Waals surface area contributed by atoms with Crippen LogP contribution in [0.4, 0.5) is 17.1 Å². The van der Waals surface area contributed by atoms with Gasteiger partial charge in [0, 0.05) is 30.0 Å². The highest BCUT2D eigenvalue weighted by atomic mass is 32.2. The predicted octanol–water partition coefficient (Wildman–Crippen LogP) is 3.38. The Balaban J connectivity index is 1.87. The third-order valence-corrected chi connectivity index (χ3v) is 6.73. The lowest BCUT2D eigenvalue weighted by Gasteiger charge is -2.24. The Labute approximate surface area is 206 Å². The molecule has 0 atom stereocenters. The quantitative estimate of drug-likeness (QED) is 0.380. The molecule has 0 unspecified atom stereocenters. The minimum atomic E-state index is -3.43. The number of amides is 1. The third kappa shape index (κ3) is 6.20. The van der Waals surface area contributed by atoms with Gasteiger partial charge in [0.2, 0.25) is 10.0 Å². The van der Waals surface area contributed by atoms with E-state index in [1.807, 2.05) is 25.9 Å². The highest BCUT2D eigenvalue weighted by Gasteiger charge is 2.28. The van der Waals surface area contributed by atoms with E-state index in [1.54, 1.807) is 49.4 Å². The number of allylic oxidation sites excluding steroid dienone is 1. The molecule has 1 aliphatic rings. The second-order valence-corrected chi connectivity index (χ2v) is 10.4. The van der Waals surface area contributed by atoms with Gasteiger partial charge in [0.1, 0.15) is 0 Å². The Hall–Kier alpha value is -3.37. The molecule has 0 radical (unpaired) electrons. The number of nitrogens with one attached hydrogen (secondary N) is 2. The van der Waals surface area contributed by atoms with Crippen molar-refractivity contribution in [2.75, 3.05) is 55.0 Å². The molecule has 1 amide bonds. The number of carbonyl (C=O) groups is 2. The molecule has 188 valence electrons. The first kappa shape index (κ1) is 26.2. The first-order chi connectivity index (χ1) is 16.5. The highest BCUT2D eigenvalue weighted by molar-refractivity contribution is 7.92. The molecule has 10 heteroatoms. The van der Waals surface area contributed by atoms with Gasteiger partial charge in [0.15, 0.2) is 0 Å². The van der Waals surface area contributed by atoms with Crippen LogP contribution in [0, 0.1) is 0 Å². The molecule has 0 saturated heterocycles. The van der Waals surface area contributed by atoms with Crippen LogP contribution in [0.5, 0.6) is 0 Å². The smallest absolute Gasteiger partial charge is 0.338 e. The number of likely N-dealkylation sites (N-methyl/N-ethyl adjacent to an activating group) is 1. The first-order valence-electron chi connectivity index (χ1n) is 11.4. The fraction of sp³-hybridized carbons (Fsp3) is 0.360. The summed E-state index contributed by atoms with van der Waals surface area (Å²) < 4.78 is 31.0. The van der Waals surface area contributed by atoms with Crippen LogP contribution in [0.25, 0.3) is 5.57 Å². The molecule has 9 nitrogen and oxygen atoms in total. The van der Waals surface area contributed by atoms with Gasteiger partial charge in [-0.2, -0.15) is 0 Å². The predicted molar refractivity (Wildman–Crippen MR) is 139 cm³/mol. The van der Waals surface area contributed by atoms with E-state index >= 15 is 0 Å². The highest BCUT2D eigenvalue weighted by Crippen LogP contribution is 2.36. The summed E-state index contributed by atoms with van der Waals surface area (Å²) in [6, 6.07) is 12.1. The van der Waals surface area contributed by atoms with Gasteiger partial charge in [-0.25, -0.2) is 13.2 Å². The minimum absolute atomic E-state index is 0.256. The van der Waals surface area contributed by atoms with Gasteiger partial charge in [-0.15, -0.1) is 0 Å². The summed E-state index contributed by atoms with van der Waals surface area (Å²) in [7, 11) is 0.352. The van der Waals surface area contributed by atoms with Crippen molar-refractivity contribution in [2.24, 2.45) is 0 Å². The van der Waals surface area contributed by atoms with E-state index in [9.17, 15) is 18.0 Å². The Morgan fingerprint density at radius 1 is 1.06 bits per heavy atom. The van der Waals surface area contributed by atoms with Crippen LogP contribution in [0.2, 0.25) is 0 Å². The molecule has 2 aromatic rings. The number of rotatable bonds is 10. The summed E-state index contributed by atoms with van der Waals surface area (Å²) in [5, 5.41) is 6.13. The molecular weight excluding hydrogens is 468 g/mol. The molecule has 0 aromatic heterocycles. The summed E-state index contributed by atoms with van der Waals surface area (Å²) >= 11 is 0. The lowest BCUT2D eigenvalue weighted by atomic mass is 10.0. The molecule has 2 N–H and O–H groups in total. The molecule has 35 heavy (non-hydrogen) atoms. The molecular formula is C25H32N4O5S. The maximum Gasteiger partial charge on any atom is 0.338 e. The van der Waals surface area contributed by atoms with E-state index in [-0.39, 0.29) is 12.5 Å². The molecule has 0 fully saturated rings. The normalized spacial score (nSPS) is 14.4. The van der Waals surface area contributed by atoms with Gasteiger partial charge in [-0.05, 0) is 63.8 Å². The van der Waals surface area contributed by atoms with Crippen molar-refractivity contribution in [2.45, 2.75) is 20.3 Å². The molecule has 0 bridgehead atoms. The fourth-order valence-electron chi connectivity index (χ4n) is 3.80. The summed E-state index contributed by atoms with van der Waals surface area (Å²) in [6.45, 7) is 4.88. The minimum Gasteiger partial charge on any atom is -0.462 e. The van der Waals surface area contributed by atoms with Crippen molar-refractivity contribution >= 4 is 44.5 Å². The first-order valence-corrected chi connectivity index (χ1v) is 13.3. The van der Waals surface area contributed by atoms with Crippen LogP contribution in [-0.4, -0.2) is 65.2 Å². The van der Waals surface area contributed by atoms with Crippen LogP contribution in [0.1, 0.15) is 36.2 Å². The molecule has 2 aromatic carbocycles. The number of hydrogen-bond acceptors (Lipinski definition) is 7. The number of carbonyl (C=O) groups excluding carboxylic acids is 2. The standard InChI is InChI=1S/C25H32N4O5S/c1-6-21(23-20-13-8-17(25(31)34-7-2)16-22(20)27-24(23)30)26-18-9-11-19(12-10-18)29(35(5,32)33)15-14-28(3)4/h8-13,16,26H,6-7,14-15H2,1-5H3,(H,27,30). The van der Waals surface area contributed by atoms with Crippen molar-refractivity contribution in [3.8, 4) is 0 Å². The van der Waals surface area contributed by atoms with Crippen LogP contribution >= 0.6 is 0 Å². The Morgan fingerprint density at radius 2 is 1.74 bits per heavy atom. The summed E-state index contributed by atoms with van der Waals surface area (Å²) in [5.41, 5.74) is 4.15. The average Bonchev–Trinajstić information content (AvgIpc) is 3.12. The number of benzene rings is 2. The van der Waals surface area contributed by atoms with Crippen molar-refractivity contribution in [3.05, 3.63) is 59.3 Å². The van der Waals surface area contributed by atoms with Gasteiger partial charge in [-0.1, -0.05) is 13.0 Å². The maximum atomic E-state index is 12.8. The van der Waals surface area contributed by atoms with Crippen LogP contribution in [-0.2, 0) is 19.6 Å². The van der Waals surface area contributed by atoms with Crippen LogP contribution in [0.15, 0.2) is 48.2 Å². The van der Waals surface area contributed by atoms with E-state index in [2.05, 4.69) is 10.6 Å². The molecule has 0 saturated carbocycles. The molecule has 0 aliphatic carbocycles. The second-order valence-electron chi connectivity index (χ2n) is 8.45. The number of esters is 1. The number of nitrogens with zero attached hydrogens (tertiary/aromatic N) is 2. The Morgan fingerprint density at radius 3 is 2.31 bits per heavy atom. The van der Waals surface area contributed by atoms with Gasteiger partial charge < -0.3 is 20.3 Å². The molecule has 1 aliphatic heterocycles. The monoisotopic (exact) mass is 500 g/mol. The van der Waals surface area contributed by atoms with Crippen molar-refractivity contribution in [1.29, 1.82) is 0 Å². The number of hydrogen-bond donors (Lipinski definition) is 2. The van der Waals surface area contributed by atoms with Crippen LogP contribution < -0.4 is 14.9 Å². The topological polar surface area (TPSA) is 108 Å². The van der Waals surface area contributed by atoms with E-state index in [0.717, 1.165) is 5.69 Å². The van der Waals surface area contributed by atoms with Gasteiger partial charge in [-0.3, -0.25) is 9.10 Å². The van der Waals surface area contributed by atoms with E-state index in [0.29, 0.717) is 53.3 Å². The Bertz CT molecular complexity index is 1240. The van der Waals surface area contributed by atoms with Gasteiger partial charge >= 0.3 is 5.97 Å². The zero-order chi connectivity index (χ0) is 25.8. The average molecular weight is 501 g/mol. The fourth-order valence-corrected chi connectivity index (χ4v) is 4.72. The van der Waals surface area contributed by atoms with Gasteiger partial charge in [0.25, 0.3) is 5.91 Å². The summed E-state index contributed by atoms with van der Waals surface area (Å²) in [6.07, 6.45) is 1.75. The zero-order valence-electron chi connectivity index (χ0n) is 20.7. The second kappa shape index (κ2) is 10.9. The number of sulfonamides is 1. The third-order valence-electron chi connectivity index (χ3n) is 5.53. The molecule has 3 rings (SSSR count). The van der Waals surface area contributed by atoms with E-state index in [1.165, 1.54) is 10.6 Å². The zero-order valence-corrected chi connectivity index (χ0v) is 21.5. The lowest BCUT2D eigenvalue weighted by Crippen LogP contribution is -2.35. The Kier molecular flexibility index (Phi) is 8.18. The van der Waals surface area contributed by atoms with Gasteiger partial charge in [0.05, 0.1) is 35.4 Å². The maximum absolute atomic E-state index is 12.8. The summed E-state index contributed by atoms with van der Waals surface area (Å²) in [4.78, 5) is 26.8. The van der Waals surface area contributed by atoms with Crippen molar-refractivity contribution in [1.82, 2.24) is 4.90 Å². The summed E-state index contributed by atoms with van der Waals surface area (Å²) in [5.74, 6) is -0.696. The lowest BCUT2D eigenvalue weighted by molar-refractivity contribution is -0.110. The number of ether oxygens (including phenoxy) is 1. The van der Waals surface area contributed by atoms with E-state index < -0.39 is 16.0 Å². The number of fused-ring (bicyclic) bond motifs is 1. The SMILES string of the molecule is CCOC(=O)c1ccc2c(c1)NC(=O)C2=C(CC)Nc1ccc(N(CCN(C)C)S(C)(=O)=O)cc1. The molecule has 0 spiro atoms. The van der Waals surface area contributed by atoms with Crippen LogP contribution in [0.3, 0.4) is 0 Å². The molecule has 1 heterocycles.